The van der Waals surface area contributed by atoms with Gasteiger partial charge in [0, 0.05) is 11.8 Å². The Morgan fingerprint density at radius 3 is 2.67 bits per heavy atom. The molecule has 5 nitrogen and oxygen atoms in total. The van der Waals surface area contributed by atoms with E-state index in [4.69, 9.17) is 0 Å². The third kappa shape index (κ3) is 2.45. The van der Waals surface area contributed by atoms with Gasteiger partial charge >= 0.3 is 5.97 Å². The smallest absolute Gasteiger partial charge is 0.310 e. The summed E-state index contributed by atoms with van der Waals surface area (Å²) in [6, 6.07) is 10.6. The minimum atomic E-state index is -0.446. The molecule has 0 bridgehead atoms. The molecule has 18 heavy (non-hydrogen) atoms. The van der Waals surface area contributed by atoms with Gasteiger partial charge in [0.1, 0.15) is 0 Å². The molecule has 0 saturated heterocycles. The zero-order valence-electron chi connectivity index (χ0n) is 9.87. The Balaban J connectivity index is 2.43. The first-order chi connectivity index (χ1) is 8.72. The lowest BCUT2D eigenvalue weighted by Gasteiger charge is -2.05. The molecular formula is C13H12N2O3. The summed E-state index contributed by atoms with van der Waals surface area (Å²) in [5, 5.41) is 3.99. The van der Waals surface area contributed by atoms with E-state index < -0.39 is 5.97 Å². The summed E-state index contributed by atoms with van der Waals surface area (Å²) in [5.41, 5.74) is 0.712. The summed E-state index contributed by atoms with van der Waals surface area (Å²) in [5.74, 6) is -0.446. The Morgan fingerprint density at radius 2 is 2.00 bits per heavy atom. The van der Waals surface area contributed by atoms with Gasteiger partial charge in [-0.3, -0.25) is 9.59 Å². The van der Waals surface area contributed by atoms with Crippen molar-refractivity contribution in [3.63, 3.8) is 0 Å². The molecule has 0 spiro atoms. The Hall–Kier alpha value is -2.43. The first kappa shape index (κ1) is 12.0. The molecule has 5 heteroatoms. The highest BCUT2D eigenvalue weighted by molar-refractivity contribution is 5.72. The molecule has 1 aromatic carbocycles. The number of hydrogen-bond donors (Lipinski definition) is 0. The van der Waals surface area contributed by atoms with Crippen LogP contribution in [-0.4, -0.2) is 22.9 Å². The van der Waals surface area contributed by atoms with E-state index in [0.717, 1.165) is 0 Å². The quantitative estimate of drug-likeness (QED) is 0.754. The molecule has 0 aliphatic heterocycles. The minimum absolute atomic E-state index is 0.0509. The van der Waals surface area contributed by atoms with Gasteiger partial charge in [-0.15, -0.1) is 0 Å². The molecule has 0 saturated carbocycles. The van der Waals surface area contributed by atoms with E-state index in [2.05, 4.69) is 9.84 Å². The number of carbonyl (C=O) groups excluding carboxylic acids is 1. The van der Waals surface area contributed by atoms with Gasteiger partial charge in [0.2, 0.25) is 0 Å². The van der Waals surface area contributed by atoms with Crippen LogP contribution in [0.3, 0.4) is 0 Å². The third-order valence-corrected chi connectivity index (χ3v) is 2.49. The molecule has 0 unspecified atom stereocenters. The Labute approximate surface area is 104 Å². The van der Waals surface area contributed by atoms with Crippen molar-refractivity contribution in [2.75, 3.05) is 7.11 Å². The van der Waals surface area contributed by atoms with Crippen LogP contribution in [0, 0.1) is 0 Å². The number of aromatic nitrogens is 2. The van der Waals surface area contributed by atoms with Gasteiger partial charge < -0.3 is 4.74 Å². The molecule has 0 amide bonds. The van der Waals surface area contributed by atoms with E-state index >= 15 is 0 Å². The number of nitrogens with zero attached hydrogens (tertiary/aromatic N) is 2. The number of esters is 1. The monoisotopic (exact) mass is 244 g/mol. The highest BCUT2D eigenvalue weighted by Gasteiger charge is 2.10. The molecule has 92 valence electrons. The molecule has 0 aliphatic rings. The maximum atomic E-state index is 12.1. The summed E-state index contributed by atoms with van der Waals surface area (Å²) in [7, 11) is 1.29. The van der Waals surface area contributed by atoms with Crippen molar-refractivity contribution >= 4 is 5.97 Å². The third-order valence-electron chi connectivity index (χ3n) is 2.49. The molecule has 0 atom stereocenters. The number of hydrogen-bond acceptors (Lipinski definition) is 4. The fraction of sp³-hybridized carbons (Fsp3) is 0.154. The molecule has 0 fully saturated rings. The van der Waals surface area contributed by atoms with Crippen LogP contribution in [0.15, 0.2) is 47.4 Å². The number of benzene rings is 1. The fourth-order valence-corrected chi connectivity index (χ4v) is 1.57. The summed E-state index contributed by atoms with van der Waals surface area (Å²) in [6.45, 7) is 0. The summed E-state index contributed by atoms with van der Waals surface area (Å²) < 4.78 is 5.81. The van der Waals surface area contributed by atoms with Crippen molar-refractivity contribution in [2.45, 2.75) is 6.42 Å². The van der Waals surface area contributed by atoms with E-state index in [1.165, 1.54) is 24.1 Å². The lowest BCUT2D eigenvalue weighted by molar-refractivity contribution is -0.139. The van der Waals surface area contributed by atoms with Gasteiger partial charge in [-0.2, -0.15) is 9.78 Å². The first-order valence-electron chi connectivity index (χ1n) is 5.42. The molecule has 1 heterocycles. The predicted molar refractivity (Wildman–Crippen MR) is 65.6 cm³/mol. The lowest BCUT2D eigenvalue weighted by Crippen LogP contribution is -2.26. The number of ether oxygens (including phenoxy) is 1. The van der Waals surface area contributed by atoms with Gasteiger partial charge in [0.05, 0.1) is 19.2 Å². The highest BCUT2D eigenvalue weighted by atomic mass is 16.5. The summed E-state index contributed by atoms with van der Waals surface area (Å²) in [4.78, 5) is 23.3. The number of carbonyl (C=O) groups is 1. The fourth-order valence-electron chi connectivity index (χ4n) is 1.57. The van der Waals surface area contributed by atoms with Crippen molar-refractivity contribution in [1.29, 1.82) is 0 Å². The van der Waals surface area contributed by atoms with Crippen LogP contribution >= 0.6 is 0 Å². The Bertz CT molecular complexity index is 605. The van der Waals surface area contributed by atoms with Crippen LogP contribution in [0.4, 0.5) is 0 Å². The van der Waals surface area contributed by atoms with Gasteiger partial charge in [-0.1, -0.05) is 18.2 Å². The highest BCUT2D eigenvalue weighted by Crippen LogP contribution is 2.02. The maximum absolute atomic E-state index is 12.1. The molecule has 0 N–H and O–H groups in total. The average molecular weight is 244 g/mol. The number of methoxy groups -OCH3 is 1. The normalized spacial score (nSPS) is 10.1. The van der Waals surface area contributed by atoms with Crippen molar-refractivity contribution in [2.24, 2.45) is 0 Å². The number of rotatable bonds is 3. The molecule has 0 aliphatic carbocycles. The van der Waals surface area contributed by atoms with Crippen molar-refractivity contribution < 1.29 is 9.53 Å². The maximum Gasteiger partial charge on any atom is 0.310 e. The molecule has 2 aromatic rings. The van der Waals surface area contributed by atoms with E-state index in [0.29, 0.717) is 11.3 Å². The zero-order chi connectivity index (χ0) is 13.0. The minimum Gasteiger partial charge on any atom is -0.469 e. The van der Waals surface area contributed by atoms with Crippen molar-refractivity contribution in [3.8, 4) is 5.69 Å². The average Bonchev–Trinajstić information content (AvgIpc) is 2.42. The number of para-hydroxylation sites is 1. The van der Waals surface area contributed by atoms with Crippen LogP contribution in [0.5, 0.6) is 0 Å². The first-order valence-corrected chi connectivity index (χ1v) is 5.42. The van der Waals surface area contributed by atoms with E-state index in [-0.39, 0.29) is 12.0 Å². The topological polar surface area (TPSA) is 61.2 Å². The van der Waals surface area contributed by atoms with Gasteiger partial charge in [-0.05, 0) is 18.2 Å². The van der Waals surface area contributed by atoms with E-state index in [1.807, 2.05) is 18.2 Å². The second-order valence-electron chi connectivity index (χ2n) is 3.66. The SMILES string of the molecule is COC(=O)Cc1ccnn(-c2ccccc2)c1=O. The van der Waals surface area contributed by atoms with Crippen molar-refractivity contribution in [3.05, 3.63) is 58.5 Å². The molecule has 2 rings (SSSR count). The summed E-state index contributed by atoms with van der Waals surface area (Å²) >= 11 is 0. The van der Waals surface area contributed by atoms with Crippen molar-refractivity contribution in [1.82, 2.24) is 9.78 Å². The van der Waals surface area contributed by atoms with Gasteiger partial charge in [-0.25, -0.2) is 0 Å². The van der Waals surface area contributed by atoms with Crippen LogP contribution in [0.25, 0.3) is 5.69 Å². The Kier molecular flexibility index (Phi) is 3.52. The molecule has 1 aromatic heterocycles. The predicted octanol–water partition coefficient (Wildman–Crippen LogP) is 0.948. The standard InChI is InChI=1S/C13H12N2O3/c1-18-12(16)9-10-7-8-14-15(13(10)17)11-5-3-2-4-6-11/h2-8H,9H2,1H3. The van der Waals surface area contributed by atoms with Crippen LogP contribution < -0.4 is 5.56 Å². The van der Waals surface area contributed by atoms with E-state index in [1.54, 1.807) is 12.1 Å². The summed E-state index contributed by atoms with van der Waals surface area (Å²) in [6.07, 6.45) is 1.44. The Morgan fingerprint density at radius 1 is 1.28 bits per heavy atom. The second-order valence-corrected chi connectivity index (χ2v) is 3.66. The second kappa shape index (κ2) is 5.27. The van der Waals surface area contributed by atoms with Crippen LogP contribution in [0.2, 0.25) is 0 Å². The van der Waals surface area contributed by atoms with Gasteiger partial charge in [0.25, 0.3) is 5.56 Å². The zero-order valence-corrected chi connectivity index (χ0v) is 9.87. The van der Waals surface area contributed by atoms with Crippen LogP contribution in [-0.2, 0) is 16.0 Å². The largest absolute Gasteiger partial charge is 0.469 e. The van der Waals surface area contributed by atoms with Crippen LogP contribution in [0.1, 0.15) is 5.56 Å². The van der Waals surface area contributed by atoms with Gasteiger partial charge in [0.15, 0.2) is 0 Å². The molecular weight excluding hydrogens is 232 g/mol. The van der Waals surface area contributed by atoms with E-state index in [9.17, 15) is 9.59 Å². The molecule has 0 radical (unpaired) electrons. The lowest BCUT2D eigenvalue weighted by atomic mass is 10.2.